The van der Waals surface area contributed by atoms with Crippen molar-refractivity contribution in [3.63, 3.8) is 0 Å². The zero-order valence-corrected chi connectivity index (χ0v) is 19.5. The van der Waals surface area contributed by atoms with E-state index >= 15 is 0 Å². The summed E-state index contributed by atoms with van der Waals surface area (Å²) in [5, 5.41) is 0. The molecule has 0 bridgehead atoms. The molecule has 3 aliphatic rings. The Morgan fingerprint density at radius 2 is 1.63 bits per heavy atom. The normalized spacial score (nSPS) is 20.7. The fourth-order valence-corrected chi connectivity index (χ4v) is 4.89. The van der Waals surface area contributed by atoms with Gasteiger partial charge in [0.15, 0.2) is 0 Å². The molecule has 3 aliphatic carbocycles. The van der Waals surface area contributed by atoms with Gasteiger partial charge in [-0.15, -0.1) is 12.0 Å². The predicted molar refractivity (Wildman–Crippen MR) is 102 cm³/mol. The van der Waals surface area contributed by atoms with Crippen LogP contribution in [-0.2, 0) is 26.2 Å². The van der Waals surface area contributed by atoms with Gasteiger partial charge in [0.25, 0.3) is 0 Å². The summed E-state index contributed by atoms with van der Waals surface area (Å²) in [5.41, 5.74) is 9.44. The number of hydrogen-bond donors (Lipinski definition) is 0. The van der Waals surface area contributed by atoms with E-state index in [-0.39, 0.29) is 51.0 Å². The number of allylic oxidation sites excluding steroid dienone is 3. The summed E-state index contributed by atoms with van der Waals surface area (Å²) in [6.45, 7) is 2.36. The summed E-state index contributed by atoms with van der Waals surface area (Å²) in [5.74, 6) is 2.82. The summed E-state index contributed by atoms with van der Waals surface area (Å²) in [7, 11) is 0. The monoisotopic (exact) mass is 471 g/mol. The number of hydrogen-bond acceptors (Lipinski definition) is 0. The summed E-state index contributed by atoms with van der Waals surface area (Å²) < 4.78 is 0. The van der Waals surface area contributed by atoms with E-state index in [4.69, 9.17) is 0 Å². The number of rotatable bonds is 4. The molecule has 0 aliphatic heterocycles. The Morgan fingerprint density at radius 3 is 2.37 bits per heavy atom. The fraction of sp³-hybridized carbons (Fsp3) is 0.292. The molecule has 0 saturated carbocycles. The molecule has 0 aromatic heterocycles. The molecule has 2 atom stereocenters. The first kappa shape index (κ1) is 22.7. The molecule has 0 nitrogen and oxygen atoms in total. The van der Waals surface area contributed by atoms with Crippen LogP contribution in [-0.4, -0.2) is 0 Å². The van der Waals surface area contributed by atoms with Gasteiger partial charge in [-0.2, -0.15) is 13.3 Å². The van der Waals surface area contributed by atoms with Crippen LogP contribution >= 0.6 is 0 Å². The van der Waals surface area contributed by atoms with Crippen LogP contribution in [0.3, 0.4) is 0 Å². The first-order chi connectivity index (χ1) is 11.8. The molecule has 3 heteroatoms. The van der Waals surface area contributed by atoms with Gasteiger partial charge in [0.05, 0.1) is 0 Å². The fourth-order valence-electron chi connectivity index (χ4n) is 4.89. The van der Waals surface area contributed by atoms with Gasteiger partial charge in [-0.05, 0) is 35.1 Å². The van der Waals surface area contributed by atoms with Crippen molar-refractivity contribution in [1.29, 1.82) is 0 Å². The van der Waals surface area contributed by atoms with Crippen LogP contribution in [0.15, 0.2) is 60.2 Å². The molecule has 0 fully saturated rings. The van der Waals surface area contributed by atoms with E-state index in [9.17, 15) is 0 Å². The first-order valence-corrected chi connectivity index (χ1v) is 9.23. The minimum atomic E-state index is 0. The third kappa shape index (κ3) is 3.81. The van der Waals surface area contributed by atoms with Crippen molar-refractivity contribution in [3.05, 3.63) is 88.4 Å². The van der Waals surface area contributed by atoms with Crippen LogP contribution in [0.5, 0.6) is 0 Å². The minimum Gasteiger partial charge on any atom is -1.00 e. The Balaban J connectivity index is 0.000000871. The van der Waals surface area contributed by atoms with Crippen molar-refractivity contribution in [2.24, 2.45) is 0 Å². The van der Waals surface area contributed by atoms with Gasteiger partial charge in [0.2, 0.25) is 0 Å². The molecule has 0 saturated heterocycles. The molecule has 0 heterocycles. The van der Waals surface area contributed by atoms with Gasteiger partial charge >= 0.3 is 26.2 Å². The zero-order chi connectivity index (χ0) is 16.1. The van der Waals surface area contributed by atoms with Gasteiger partial charge in [0, 0.05) is 5.92 Å². The average molecular weight is 474 g/mol. The maximum atomic E-state index is 2.39. The van der Waals surface area contributed by atoms with E-state index in [2.05, 4.69) is 67.6 Å². The SMILES string of the molecule is C[C-](CCC1C2=C(CC2)c2ccccc21)C1C=Cc2ccccc21.[Cl-].[Cl-].[Zr+3]. The van der Waals surface area contributed by atoms with E-state index in [1.54, 1.807) is 28.2 Å². The average Bonchev–Trinajstić information content (AvgIpc) is 3.10. The van der Waals surface area contributed by atoms with Crippen LogP contribution in [0, 0.1) is 5.92 Å². The number of benzene rings is 2. The van der Waals surface area contributed by atoms with E-state index in [0.717, 1.165) is 0 Å². The Morgan fingerprint density at radius 1 is 0.926 bits per heavy atom. The number of halogens is 2. The maximum Gasteiger partial charge on any atom is 3.00 e. The summed E-state index contributed by atoms with van der Waals surface area (Å²) in [6, 6.07) is 17.9. The van der Waals surface area contributed by atoms with Crippen LogP contribution in [0.25, 0.3) is 11.6 Å². The largest absolute Gasteiger partial charge is 3.00 e. The van der Waals surface area contributed by atoms with Crippen molar-refractivity contribution < 1.29 is 51.0 Å². The molecule has 27 heavy (non-hydrogen) atoms. The van der Waals surface area contributed by atoms with Crippen LogP contribution in [0.4, 0.5) is 0 Å². The number of fused-ring (bicyclic) bond motifs is 3. The smallest absolute Gasteiger partial charge is 1.00 e. The van der Waals surface area contributed by atoms with Crippen molar-refractivity contribution in [3.8, 4) is 0 Å². The van der Waals surface area contributed by atoms with Gasteiger partial charge in [0.1, 0.15) is 0 Å². The third-order valence-corrected chi connectivity index (χ3v) is 6.27. The Kier molecular flexibility index (Phi) is 7.77. The van der Waals surface area contributed by atoms with Gasteiger partial charge in [-0.1, -0.05) is 72.2 Å². The van der Waals surface area contributed by atoms with Crippen molar-refractivity contribution in [2.75, 3.05) is 0 Å². The molecule has 0 N–H and O–H groups in total. The second kappa shape index (κ2) is 9.25. The summed E-state index contributed by atoms with van der Waals surface area (Å²) in [6.07, 6.45) is 9.79. The minimum absolute atomic E-state index is 0. The first-order valence-electron chi connectivity index (χ1n) is 9.23. The Bertz CT molecular complexity index is 868. The topological polar surface area (TPSA) is 0 Å². The van der Waals surface area contributed by atoms with Crippen LogP contribution < -0.4 is 24.8 Å². The van der Waals surface area contributed by atoms with Crippen molar-refractivity contribution in [2.45, 2.75) is 44.4 Å². The summed E-state index contributed by atoms with van der Waals surface area (Å²) >= 11 is 0. The van der Waals surface area contributed by atoms with E-state index in [1.165, 1.54) is 36.8 Å². The van der Waals surface area contributed by atoms with Crippen LogP contribution in [0.2, 0.25) is 0 Å². The second-order valence-electron chi connectivity index (χ2n) is 7.49. The second-order valence-corrected chi connectivity index (χ2v) is 7.49. The molecular formula is C24H23Cl2Zr. The van der Waals surface area contributed by atoms with E-state index < -0.39 is 0 Å². The van der Waals surface area contributed by atoms with Crippen molar-refractivity contribution >= 4 is 11.6 Å². The third-order valence-electron chi connectivity index (χ3n) is 6.27. The molecular weight excluding hydrogens is 450 g/mol. The Hall–Kier alpha value is -0.617. The van der Waals surface area contributed by atoms with Gasteiger partial charge < -0.3 is 30.7 Å². The molecule has 5 rings (SSSR count). The van der Waals surface area contributed by atoms with Crippen molar-refractivity contribution in [1.82, 2.24) is 0 Å². The molecule has 137 valence electrons. The zero-order valence-electron chi connectivity index (χ0n) is 15.5. The summed E-state index contributed by atoms with van der Waals surface area (Å²) in [4.78, 5) is 0. The molecule has 0 amide bonds. The molecule has 1 radical (unpaired) electrons. The standard InChI is InChI=1S/C24H23.2ClH.Zr/c1-16(18-13-11-17-6-2-3-7-19(17)18)10-12-22-20-8-4-5-9-21(20)23-14-15-24(22)23;;;/h2-9,11,13,18,22H,10,12,14-15H2,1H3;2*1H;/q-1;;;+3/p-2. The molecule has 2 aromatic rings. The van der Waals surface area contributed by atoms with E-state index in [0.29, 0.717) is 11.8 Å². The van der Waals surface area contributed by atoms with Gasteiger partial charge in [-0.25, -0.2) is 0 Å². The molecule has 2 aromatic carbocycles. The van der Waals surface area contributed by atoms with Gasteiger partial charge in [-0.3, -0.25) is 0 Å². The quantitative estimate of drug-likeness (QED) is 0.569. The van der Waals surface area contributed by atoms with E-state index in [1.807, 2.05) is 0 Å². The Labute approximate surface area is 194 Å². The molecule has 0 spiro atoms. The van der Waals surface area contributed by atoms with Crippen LogP contribution in [0.1, 0.15) is 66.7 Å². The maximum absolute atomic E-state index is 2.39. The predicted octanol–water partition coefficient (Wildman–Crippen LogP) is 0.522. The molecule has 2 unspecified atom stereocenters.